The molecule has 0 amide bonds. The topological polar surface area (TPSA) is 69.7 Å². The second-order valence-electron chi connectivity index (χ2n) is 5.53. The summed E-state index contributed by atoms with van der Waals surface area (Å²) >= 11 is 1.49. The Balaban J connectivity index is 1.76. The normalized spacial score (nSPS) is 10.3. The Morgan fingerprint density at radius 2 is 1.89 bits per heavy atom. The minimum Gasteiger partial charge on any atom is -0.497 e. The molecule has 0 spiro atoms. The van der Waals surface area contributed by atoms with Crippen LogP contribution in [-0.2, 0) is 4.74 Å². The predicted octanol–water partition coefficient (Wildman–Crippen LogP) is 4.75. The molecule has 0 aliphatic carbocycles. The Hall–Kier alpha value is -3.06. The Bertz CT molecular complexity index is 922. The van der Waals surface area contributed by atoms with E-state index in [1.807, 2.05) is 35.7 Å². The molecule has 7 heteroatoms. The van der Waals surface area contributed by atoms with Gasteiger partial charge in [-0.2, -0.15) is 0 Å². The maximum atomic E-state index is 11.7. The number of ether oxygens (including phenoxy) is 3. The fraction of sp³-hybridized carbons (Fsp3) is 0.200. The van der Waals surface area contributed by atoms with Gasteiger partial charge in [0.25, 0.3) is 0 Å². The highest BCUT2D eigenvalue weighted by atomic mass is 32.1. The molecule has 0 aliphatic heterocycles. The molecule has 0 fully saturated rings. The van der Waals surface area contributed by atoms with Gasteiger partial charge in [0.15, 0.2) is 5.13 Å². The highest BCUT2D eigenvalue weighted by molar-refractivity contribution is 7.14. The third-order valence-corrected chi connectivity index (χ3v) is 4.59. The molecular weight excluding hydrogens is 364 g/mol. The summed E-state index contributed by atoms with van der Waals surface area (Å²) in [6, 6.07) is 12.7. The first-order valence-electron chi connectivity index (χ1n) is 8.36. The number of methoxy groups -OCH3 is 2. The Morgan fingerprint density at radius 1 is 1.11 bits per heavy atom. The number of carbonyl (C=O) groups excluding carboxylic acids is 1. The number of anilines is 2. The number of nitrogens with zero attached hydrogens (tertiary/aromatic N) is 1. The number of aromatic nitrogens is 1. The zero-order valence-corrected chi connectivity index (χ0v) is 16.1. The number of carbonyl (C=O) groups is 1. The van der Waals surface area contributed by atoms with E-state index < -0.39 is 0 Å². The van der Waals surface area contributed by atoms with E-state index in [0.717, 1.165) is 27.8 Å². The van der Waals surface area contributed by atoms with Gasteiger partial charge in [0.1, 0.15) is 11.5 Å². The summed E-state index contributed by atoms with van der Waals surface area (Å²) < 4.78 is 15.7. The minimum atomic E-state index is -0.327. The highest BCUT2D eigenvalue weighted by Gasteiger charge is 2.12. The smallest absolute Gasteiger partial charge is 0.338 e. The van der Waals surface area contributed by atoms with Crippen molar-refractivity contribution < 1.29 is 19.0 Å². The van der Waals surface area contributed by atoms with E-state index >= 15 is 0 Å². The molecule has 0 saturated heterocycles. The lowest BCUT2D eigenvalue weighted by Crippen LogP contribution is -2.04. The summed E-state index contributed by atoms with van der Waals surface area (Å²) in [5.74, 6) is 1.10. The van der Waals surface area contributed by atoms with Crippen LogP contribution in [0, 0.1) is 0 Å². The van der Waals surface area contributed by atoms with Crippen LogP contribution in [0.4, 0.5) is 10.8 Å². The van der Waals surface area contributed by atoms with Gasteiger partial charge in [-0.05, 0) is 43.3 Å². The van der Waals surface area contributed by atoms with Crippen LogP contribution in [0.25, 0.3) is 11.3 Å². The van der Waals surface area contributed by atoms with E-state index in [2.05, 4.69) is 10.3 Å². The number of benzene rings is 2. The number of esters is 1. The van der Waals surface area contributed by atoms with Crippen LogP contribution in [0.2, 0.25) is 0 Å². The van der Waals surface area contributed by atoms with Crippen molar-refractivity contribution in [2.45, 2.75) is 6.92 Å². The average molecular weight is 384 g/mol. The number of hydrogen-bond donors (Lipinski definition) is 1. The van der Waals surface area contributed by atoms with Crippen LogP contribution in [-0.4, -0.2) is 31.8 Å². The SMILES string of the molecule is CCOC(=O)c1ccc(Nc2nc(-c3ccc(OC)cc3OC)cs2)cc1. The second kappa shape index (κ2) is 8.55. The number of thiazole rings is 1. The first-order valence-corrected chi connectivity index (χ1v) is 9.24. The first-order chi connectivity index (χ1) is 13.1. The van der Waals surface area contributed by atoms with Gasteiger partial charge in [-0.25, -0.2) is 9.78 Å². The van der Waals surface area contributed by atoms with Crippen LogP contribution in [0.5, 0.6) is 11.5 Å². The fourth-order valence-corrected chi connectivity index (χ4v) is 3.22. The summed E-state index contributed by atoms with van der Waals surface area (Å²) in [5.41, 5.74) is 3.06. The van der Waals surface area contributed by atoms with Crippen molar-refractivity contribution in [3.05, 3.63) is 53.4 Å². The third-order valence-electron chi connectivity index (χ3n) is 3.84. The van der Waals surface area contributed by atoms with Gasteiger partial charge in [-0.1, -0.05) is 0 Å². The van der Waals surface area contributed by atoms with E-state index in [4.69, 9.17) is 14.2 Å². The molecule has 1 N–H and O–H groups in total. The fourth-order valence-electron chi connectivity index (χ4n) is 2.49. The predicted molar refractivity (Wildman–Crippen MR) is 106 cm³/mol. The summed E-state index contributed by atoms with van der Waals surface area (Å²) in [4.78, 5) is 16.3. The van der Waals surface area contributed by atoms with Crippen molar-refractivity contribution in [2.24, 2.45) is 0 Å². The molecular formula is C20H20N2O4S. The molecule has 6 nitrogen and oxygen atoms in total. The molecule has 0 atom stereocenters. The Labute approximate surface area is 161 Å². The summed E-state index contributed by atoms with van der Waals surface area (Å²) in [6.07, 6.45) is 0. The van der Waals surface area contributed by atoms with E-state index in [1.165, 1.54) is 11.3 Å². The number of nitrogens with one attached hydrogen (secondary N) is 1. The van der Waals surface area contributed by atoms with E-state index in [9.17, 15) is 4.79 Å². The van der Waals surface area contributed by atoms with Crippen LogP contribution >= 0.6 is 11.3 Å². The maximum absolute atomic E-state index is 11.7. The maximum Gasteiger partial charge on any atom is 0.338 e. The van der Waals surface area contributed by atoms with Gasteiger partial charge in [0, 0.05) is 22.7 Å². The van der Waals surface area contributed by atoms with Crippen molar-refractivity contribution in [1.29, 1.82) is 0 Å². The standard InChI is InChI=1S/C20H20N2O4S/c1-4-26-19(23)13-5-7-14(8-6-13)21-20-22-17(12-27-20)16-10-9-15(24-2)11-18(16)25-3/h5-12H,4H2,1-3H3,(H,21,22). The lowest BCUT2D eigenvalue weighted by Gasteiger charge is -2.08. The summed E-state index contributed by atoms with van der Waals surface area (Å²) in [6.45, 7) is 2.14. The molecule has 27 heavy (non-hydrogen) atoms. The monoisotopic (exact) mass is 384 g/mol. The van der Waals surface area contributed by atoms with Crippen molar-refractivity contribution in [1.82, 2.24) is 4.98 Å². The molecule has 0 radical (unpaired) electrons. The molecule has 0 saturated carbocycles. The van der Waals surface area contributed by atoms with Crippen LogP contribution in [0.1, 0.15) is 17.3 Å². The molecule has 0 bridgehead atoms. The molecule has 0 unspecified atom stereocenters. The average Bonchev–Trinajstić information content (AvgIpc) is 3.16. The lowest BCUT2D eigenvalue weighted by atomic mass is 10.1. The van der Waals surface area contributed by atoms with Gasteiger partial charge in [0.05, 0.1) is 32.1 Å². The molecule has 140 valence electrons. The van der Waals surface area contributed by atoms with Crippen molar-refractivity contribution in [2.75, 3.05) is 26.1 Å². The van der Waals surface area contributed by atoms with E-state index in [1.54, 1.807) is 33.3 Å². The second-order valence-corrected chi connectivity index (χ2v) is 6.39. The summed E-state index contributed by atoms with van der Waals surface area (Å²) in [7, 11) is 3.24. The Kier molecular flexibility index (Phi) is 5.93. The number of hydrogen-bond acceptors (Lipinski definition) is 7. The van der Waals surface area contributed by atoms with Crippen molar-refractivity contribution in [3.63, 3.8) is 0 Å². The molecule has 1 aromatic heterocycles. The largest absolute Gasteiger partial charge is 0.497 e. The zero-order valence-electron chi connectivity index (χ0n) is 15.3. The van der Waals surface area contributed by atoms with Gasteiger partial charge in [0.2, 0.25) is 0 Å². The quantitative estimate of drug-likeness (QED) is 0.593. The lowest BCUT2D eigenvalue weighted by molar-refractivity contribution is 0.0526. The number of rotatable bonds is 7. The van der Waals surface area contributed by atoms with E-state index in [-0.39, 0.29) is 5.97 Å². The minimum absolute atomic E-state index is 0.327. The van der Waals surface area contributed by atoms with Crippen LogP contribution in [0.3, 0.4) is 0 Å². The summed E-state index contributed by atoms with van der Waals surface area (Å²) in [5, 5.41) is 5.94. The van der Waals surface area contributed by atoms with Crippen LogP contribution < -0.4 is 14.8 Å². The molecule has 3 rings (SSSR count). The Morgan fingerprint density at radius 3 is 2.56 bits per heavy atom. The molecule has 0 aliphatic rings. The molecule has 2 aromatic carbocycles. The van der Waals surface area contributed by atoms with Gasteiger partial charge in [-0.3, -0.25) is 0 Å². The molecule has 1 heterocycles. The van der Waals surface area contributed by atoms with Crippen LogP contribution in [0.15, 0.2) is 47.8 Å². The van der Waals surface area contributed by atoms with E-state index in [0.29, 0.717) is 17.9 Å². The first kappa shape index (κ1) is 18.7. The third kappa shape index (κ3) is 4.38. The van der Waals surface area contributed by atoms with Gasteiger partial charge in [-0.15, -0.1) is 11.3 Å². The van der Waals surface area contributed by atoms with Crippen molar-refractivity contribution in [3.8, 4) is 22.8 Å². The van der Waals surface area contributed by atoms with Gasteiger partial charge >= 0.3 is 5.97 Å². The molecule has 3 aromatic rings. The van der Waals surface area contributed by atoms with Crippen molar-refractivity contribution >= 4 is 28.1 Å². The zero-order chi connectivity index (χ0) is 19.2. The van der Waals surface area contributed by atoms with Gasteiger partial charge < -0.3 is 19.5 Å². The highest BCUT2D eigenvalue weighted by Crippen LogP contribution is 2.35.